The maximum absolute atomic E-state index is 6.31. The molecule has 0 aromatic heterocycles. The van der Waals surface area contributed by atoms with Gasteiger partial charge < -0.3 is 9.80 Å². The molecule has 0 radical (unpaired) electrons. The molecule has 2 nitrogen and oxygen atoms in total. The van der Waals surface area contributed by atoms with Gasteiger partial charge in [0.05, 0.1) is 6.04 Å². The van der Waals surface area contributed by atoms with Crippen LogP contribution in [0.4, 0.5) is 5.69 Å². The van der Waals surface area contributed by atoms with E-state index >= 15 is 0 Å². The van der Waals surface area contributed by atoms with Crippen molar-refractivity contribution in [1.29, 1.82) is 0 Å². The standard InChI is InChI=1S/C31H32N2S/c34-30-32(31-18-22-15-23(19-31)17-24(16-22)20-31)21-29(33(30)28-9-5-2-6-10-28)27-13-11-26(12-14-27)25-7-3-1-4-8-25/h1-14,22-24,29H,15-21H2/t22?,23?,24?,29-,31?/m1/s1. The second-order valence-corrected chi connectivity index (χ2v) is 11.6. The lowest BCUT2D eigenvalue weighted by atomic mass is 9.52. The molecule has 0 spiro atoms. The fourth-order valence-electron chi connectivity index (χ4n) is 8.05. The number of para-hydroxylation sites is 1. The van der Waals surface area contributed by atoms with Crippen molar-refractivity contribution in [2.45, 2.75) is 50.1 Å². The van der Waals surface area contributed by atoms with Gasteiger partial charge in [-0.3, -0.25) is 0 Å². The topological polar surface area (TPSA) is 6.48 Å². The molecule has 1 saturated heterocycles. The van der Waals surface area contributed by atoms with E-state index in [-0.39, 0.29) is 11.6 Å². The second kappa shape index (κ2) is 7.95. The molecule has 172 valence electrons. The van der Waals surface area contributed by atoms with Gasteiger partial charge in [0.25, 0.3) is 0 Å². The molecule has 0 amide bonds. The molecule has 3 aromatic carbocycles. The minimum Gasteiger partial charge on any atom is -0.341 e. The van der Waals surface area contributed by atoms with Crippen LogP contribution in [-0.2, 0) is 0 Å². The van der Waals surface area contributed by atoms with Gasteiger partial charge in [-0.2, -0.15) is 0 Å². The molecule has 3 heteroatoms. The fourth-order valence-corrected chi connectivity index (χ4v) is 8.55. The average Bonchev–Trinajstić information content (AvgIpc) is 3.22. The van der Waals surface area contributed by atoms with Crippen LogP contribution in [0.1, 0.15) is 50.1 Å². The van der Waals surface area contributed by atoms with Crippen LogP contribution in [0.2, 0.25) is 0 Å². The quantitative estimate of drug-likeness (QED) is 0.370. The third-order valence-corrected chi connectivity index (χ3v) is 9.54. The van der Waals surface area contributed by atoms with Crippen LogP contribution in [0.25, 0.3) is 11.1 Å². The zero-order valence-corrected chi connectivity index (χ0v) is 20.5. The van der Waals surface area contributed by atoms with Crippen LogP contribution in [0, 0.1) is 17.8 Å². The lowest BCUT2D eigenvalue weighted by Gasteiger charge is -2.60. The third kappa shape index (κ3) is 3.32. The summed E-state index contributed by atoms with van der Waals surface area (Å²) in [7, 11) is 0. The Morgan fingerprint density at radius 2 is 1.18 bits per heavy atom. The van der Waals surface area contributed by atoms with E-state index in [0.717, 1.165) is 29.4 Å². The van der Waals surface area contributed by atoms with Crippen molar-refractivity contribution in [2.75, 3.05) is 11.4 Å². The van der Waals surface area contributed by atoms with Gasteiger partial charge in [-0.15, -0.1) is 0 Å². The van der Waals surface area contributed by atoms with Crippen molar-refractivity contribution in [2.24, 2.45) is 17.8 Å². The maximum atomic E-state index is 6.31. The van der Waals surface area contributed by atoms with Crippen LogP contribution in [0.3, 0.4) is 0 Å². The van der Waals surface area contributed by atoms with E-state index < -0.39 is 0 Å². The lowest BCUT2D eigenvalue weighted by molar-refractivity contribution is -0.0589. The summed E-state index contributed by atoms with van der Waals surface area (Å²) in [4.78, 5) is 5.14. The molecule has 1 atom stereocenters. The molecule has 34 heavy (non-hydrogen) atoms. The van der Waals surface area contributed by atoms with Crippen molar-refractivity contribution >= 4 is 23.0 Å². The smallest absolute Gasteiger partial charge is 0.177 e. The Morgan fingerprint density at radius 1 is 0.647 bits per heavy atom. The highest BCUT2D eigenvalue weighted by atomic mass is 32.1. The van der Waals surface area contributed by atoms with Gasteiger partial charge in [-0.05, 0) is 97.3 Å². The SMILES string of the molecule is S=C1N(c2ccccc2)[C@@H](c2ccc(-c3ccccc3)cc2)CN1C12CC3CC(CC(C3)C1)C2. The van der Waals surface area contributed by atoms with Crippen LogP contribution in [0.5, 0.6) is 0 Å². The van der Waals surface area contributed by atoms with E-state index in [1.54, 1.807) is 0 Å². The number of hydrogen-bond donors (Lipinski definition) is 0. The molecule has 5 fully saturated rings. The van der Waals surface area contributed by atoms with Crippen molar-refractivity contribution in [3.8, 4) is 11.1 Å². The van der Waals surface area contributed by atoms with E-state index in [9.17, 15) is 0 Å². The predicted octanol–water partition coefficient (Wildman–Crippen LogP) is 7.47. The average molecular weight is 465 g/mol. The largest absolute Gasteiger partial charge is 0.341 e. The Hall–Kier alpha value is -2.65. The molecule has 4 aliphatic carbocycles. The monoisotopic (exact) mass is 464 g/mol. The van der Waals surface area contributed by atoms with Crippen molar-refractivity contribution in [1.82, 2.24) is 4.90 Å². The summed E-state index contributed by atoms with van der Waals surface area (Å²) in [6.45, 7) is 1.00. The summed E-state index contributed by atoms with van der Waals surface area (Å²) in [5.41, 5.74) is 5.41. The zero-order chi connectivity index (χ0) is 22.7. The molecule has 8 rings (SSSR count). The Balaban J connectivity index is 1.25. The van der Waals surface area contributed by atoms with Gasteiger partial charge >= 0.3 is 0 Å². The number of hydrogen-bond acceptors (Lipinski definition) is 1. The Bertz CT molecular complexity index is 1150. The lowest BCUT2D eigenvalue weighted by Crippen LogP contribution is -2.60. The maximum Gasteiger partial charge on any atom is 0.177 e. The summed E-state index contributed by atoms with van der Waals surface area (Å²) in [5.74, 6) is 2.76. The first-order valence-electron chi connectivity index (χ1n) is 13.0. The Labute approximate surface area is 208 Å². The Kier molecular flexibility index (Phi) is 4.84. The molecule has 4 saturated carbocycles. The molecular weight excluding hydrogens is 432 g/mol. The van der Waals surface area contributed by atoms with E-state index in [1.807, 2.05) is 0 Å². The minimum atomic E-state index is 0.257. The molecule has 4 bridgehead atoms. The highest BCUT2D eigenvalue weighted by Gasteiger charge is 2.56. The number of anilines is 1. The number of rotatable bonds is 4. The second-order valence-electron chi connectivity index (χ2n) is 11.2. The van der Waals surface area contributed by atoms with E-state index in [4.69, 9.17) is 12.2 Å². The fraction of sp³-hybridized carbons (Fsp3) is 0.387. The van der Waals surface area contributed by atoms with Crippen LogP contribution < -0.4 is 4.90 Å². The van der Waals surface area contributed by atoms with Gasteiger partial charge in [-0.1, -0.05) is 72.8 Å². The normalized spacial score (nSPS) is 31.9. The molecule has 5 aliphatic rings. The molecule has 3 aromatic rings. The molecular formula is C31H32N2S. The van der Waals surface area contributed by atoms with Crippen LogP contribution in [0.15, 0.2) is 84.9 Å². The highest BCUT2D eigenvalue weighted by Crippen LogP contribution is 2.59. The zero-order valence-electron chi connectivity index (χ0n) is 19.6. The van der Waals surface area contributed by atoms with Gasteiger partial charge in [-0.25, -0.2) is 0 Å². The van der Waals surface area contributed by atoms with E-state index in [1.165, 1.54) is 60.9 Å². The number of nitrogens with zero attached hydrogens (tertiary/aromatic N) is 2. The van der Waals surface area contributed by atoms with Gasteiger partial charge in [0.2, 0.25) is 0 Å². The number of benzene rings is 3. The van der Waals surface area contributed by atoms with Crippen molar-refractivity contribution < 1.29 is 0 Å². The molecule has 0 unspecified atom stereocenters. The highest BCUT2D eigenvalue weighted by molar-refractivity contribution is 7.80. The summed E-state index contributed by atoms with van der Waals surface area (Å²) < 4.78 is 0. The third-order valence-electron chi connectivity index (χ3n) is 9.12. The first kappa shape index (κ1) is 20.7. The van der Waals surface area contributed by atoms with Crippen molar-refractivity contribution in [3.63, 3.8) is 0 Å². The van der Waals surface area contributed by atoms with Crippen LogP contribution >= 0.6 is 12.2 Å². The first-order chi connectivity index (χ1) is 16.7. The van der Waals surface area contributed by atoms with Crippen LogP contribution in [-0.4, -0.2) is 22.1 Å². The predicted molar refractivity (Wildman–Crippen MR) is 144 cm³/mol. The molecule has 1 aliphatic heterocycles. The summed E-state index contributed by atoms with van der Waals surface area (Å²) in [6, 6.07) is 31.0. The molecule has 1 heterocycles. The van der Waals surface area contributed by atoms with E-state index in [2.05, 4.69) is 94.7 Å². The van der Waals surface area contributed by atoms with E-state index in [0.29, 0.717) is 0 Å². The summed E-state index contributed by atoms with van der Waals surface area (Å²) in [5, 5.41) is 1.05. The Morgan fingerprint density at radius 3 is 1.76 bits per heavy atom. The van der Waals surface area contributed by atoms with Gasteiger partial charge in [0.15, 0.2) is 5.11 Å². The van der Waals surface area contributed by atoms with Gasteiger partial charge in [0.1, 0.15) is 0 Å². The number of thiocarbonyl (C=S) groups is 1. The minimum absolute atomic E-state index is 0.257. The summed E-state index contributed by atoms with van der Waals surface area (Å²) in [6.07, 6.45) is 8.44. The molecule has 0 N–H and O–H groups in total. The first-order valence-corrected chi connectivity index (χ1v) is 13.4. The summed E-state index contributed by atoms with van der Waals surface area (Å²) >= 11 is 6.31. The van der Waals surface area contributed by atoms with Crippen molar-refractivity contribution in [3.05, 3.63) is 90.5 Å². The van der Waals surface area contributed by atoms with Gasteiger partial charge in [0, 0.05) is 17.8 Å².